The number of ether oxygens (including phenoxy) is 1. The second-order valence-electron chi connectivity index (χ2n) is 6.50. The van der Waals surface area contributed by atoms with Crippen LogP contribution in [0.25, 0.3) is 0 Å². The summed E-state index contributed by atoms with van der Waals surface area (Å²) in [6.07, 6.45) is 0.793. The predicted octanol–water partition coefficient (Wildman–Crippen LogP) is 3.21. The van der Waals surface area contributed by atoms with Crippen LogP contribution in [-0.2, 0) is 33.3 Å². The van der Waals surface area contributed by atoms with E-state index in [0.717, 1.165) is 11.1 Å². The lowest BCUT2D eigenvalue weighted by molar-refractivity contribution is 0.109. The van der Waals surface area contributed by atoms with Crippen molar-refractivity contribution in [1.82, 2.24) is 0 Å². The molecule has 2 rings (SSSR count). The van der Waals surface area contributed by atoms with Gasteiger partial charge in [0.1, 0.15) is 0 Å². The van der Waals surface area contributed by atoms with E-state index in [2.05, 4.69) is 0 Å². The van der Waals surface area contributed by atoms with Crippen LogP contribution in [0.4, 0.5) is 0 Å². The van der Waals surface area contributed by atoms with Gasteiger partial charge in [-0.05, 0) is 51.0 Å². The zero-order chi connectivity index (χ0) is 21.3. The molecule has 0 atom stereocenters. The first-order valence-corrected chi connectivity index (χ1v) is 12.0. The summed E-state index contributed by atoms with van der Waals surface area (Å²) >= 11 is 0. The third-order valence-corrected chi connectivity index (χ3v) is 6.62. The Labute approximate surface area is 172 Å². The van der Waals surface area contributed by atoms with Crippen LogP contribution in [0, 0.1) is 13.8 Å². The van der Waals surface area contributed by atoms with Crippen LogP contribution in [-0.4, -0.2) is 43.3 Å². The molecule has 0 saturated heterocycles. The molecule has 0 heterocycles. The number of rotatable bonds is 12. The lowest BCUT2D eigenvalue weighted by atomic mass is 10.2. The highest BCUT2D eigenvalue weighted by Gasteiger charge is 2.15. The fraction of sp³-hybridized carbons (Fsp3) is 0.400. The van der Waals surface area contributed by atoms with E-state index in [9.17, 15) is 16.8 Å². The second-order valence-corrected chi connectivity index (χ2v) is 9.73. The van der Waals surface area contributed by atoms with Crippen molar-refractivity contribution in [1.29, 1.82) is 0 Å². The first-order valence-electron chi connectivity index (χ1n) is 9.21. The van der Waals surface area contributed by atoms with E-state index < -0.39 is 20.2 Å². The first kappa shape index (κ1) is 23.5. The third-order valence-electron chi connectivity index (χ3n) is 3.96. The molecule has 0 aliphatic carbocycles. The Hall–Kier alpha value is -1.78. The monoisotopic (exact) mass is 442 g/mol. The quantitative estimate of drug-likeness (QED) is 0.368. The normalized spacial score (nSPS) is 12.2. The zero-order valence-corrected chi connectivity index (χ0v) is 18.2. The second kappa shape index (κ2) is 10.8. The minimum absolute atomic E-state index is 0.00845. The molecule has 0 amide bonds. The maximum Gasteiger partial charge on any atom is 0.296 e. The average Bonchev–Trinajstić information content (AvgIpc) is 2.67. The van der Waals surface area contributed by atoms with Crippen LogP contribution in [0.1, 0.15) is 24.0 Å². The summed E-state index contributed by atoms with van der Waals surface area (Å²) < 4.78 is 63.3. The highest BCUT2D eigenvalue weighted by Crippen LogP contribution is 2.14. The van der Waals surface area contributed by atoms with Crippen molar-refractivity contribution in [3.63, 3.8) is 0 Å². The summed E-state index contributed by atoms with van der Waals surface area (Å²) in [5.74, 6) is 0. The van der Waals surface area contributed by atoms with Gasteiger partial charge >= 0.3 is 0 Å². The molecule has 9 heteroatoms. The number of benzene rings is 2. The van der Waals surface area contributed by atoms with Crippen molar-refractivity contribution in [2.24, 2.45) is 0 Å². The Kier molecular flexibility index (Phi) is 8.79. The molecule has 0 bridgehead atoms. The maximum absolute atomic E-state index is 12.0. The molecule has 0 aliphatic heterocycles. The minimum atomic E-state index is -3.77. The Bertz CT molecular complexity index is 883. The zero-order valence-electron chi connectivity index (χ0n) is 16.5. The van der Waals surface area contributed by atoms with Crippen molar-refractivity contribution in [3.8, 4) is 0 Å². The van der Waals surface area contributed by atoms with Crippen LogP contribution in [0.5, 0.6) is 0 Å². The predicted molar refractivity (Wildman–Crippen MR) is 109 cm³/mol. The fourth-order valence-corrected chi connectivity index (χ4v) is 4.19. The van der Waals surface area contributed by atoms with Crippen LogP contribution in [0.3, 0.4) is 0 Å². The molecular formula is C20H26O7S2. The third kappa shape index (κ3) is 7.87. The molecule has 0 fully saturated rings. The SMILES string of the molecule is Cc1ccc(S(=O)(=O)OCCCOCCCOS(=O)(=O)c2ccc(C)cc2)cc1. The summed E-state index contributed by atoms with van der Waals surface area (Å²) in [6, 6.07) is 12.9. The van der Waals surface area contributed by atoms with E-state index in [1.807, 2.05) is 13.8 Å². The largest absolute Gasteiger partial charge is 0.381 e. The molecule has 0 aliphatic rings. The summed E-state index contributed by atoms with van der Waals surface area (Å²) in [4.78, 5) is 0.243. The Morgan fingerprint density at radius 2 is 0.931 bits per heavy atom. The van der Waals surface area contributed by atoms with Crippen LogP contribution >= 0.6 is 0 Å². The molecule has 29 heavy (non-hydrogen) atoms. The molecule has 0 aromatic heterocycles. The van der Waals surface area contributed by atoms with Crippen LogP contribution in [0.15, 0.2) is 58.3 Å². The van der Waals surface area contributed by atoms with E-state index in [1.54, 1.807) is 24.3 Å². The van der Waals surface area contributed by atoms with Gasteiger partial charge in [-0.25, -0.2) is 0 Å². The van der Waals surface area contributed by atoms with Gasteiger partial charge in [0.25, 0.3) is 20.2 Å². The van der Waals surface area contributed by atoms with Crippen molar-refractivity contribution in [3.05, 3.63) is 59.7 Å². The van der Waals surface area contributed by atoms with Gasteiger partial charge in [0.2, 0.25) is 0 Å². The number of hydrogen-bond acceptors (Lipinski definition) is 7. The first-order chi connectivity index (χ1) is 13.7. The van der Waals surface area contributed by atoms with Gasteiger partial charge in [-0.1, -0.05) is 35.4 Å². The molecule has 7 nitrogen and oxygen atoms in total. The molecule has 160 valence electrons. The standard InChI is InChI=1S/C20H26O7S2/c1-17-5-9-19(10-6-17)28(21,22)26-15-3-13-25-14-4-16-27-29(23,24)20-11-7-18(2)8-12-20/h5-12H,3-4,13-16H2,1-2H3. The Balaban J connectivity index is 1.58. The van der Waals surface area contributed by atoms with Gasteiger partial charge in [0.05, 0.1) is 23.0 Å². The molecule has 2 aromatic carbocycles. The van der Waals surface area contributed by atoms with E-state index in [0.29, 0.717) is 26.1 Å². The molecule has 0 N–H and O–H groups in total. The van der Waals surface area contributed by atoms with E-state index >= 15 is 0 Å². The molecular weight excluding hydrogens is 416 g/mol. The summed E-state index contributed by atoms with van der Waals surface area (Å²) in [5.41, 5.74) is 1.93. The summed E-state index contributed by atoms with van der Waals surface area (Å²) in [6.45, 7) is 4.36. The van der Waals surface area contributed by atoms with Gasteiger partial charge in [-0.3, -0.25) is 8.37 Å². The summed E-state index contributed by atoms with van der Waals surface area (Å²) in [7, 11) is -7.53. The van der Waals surface area contributed by atoms with E-state index in [-0.39, 0.29) is 23.0 Å². The Morgan fingerprint density at radius 3 is 1.28 bits per heavy atom. The van der Waals surface area contributed by atoms with Crippen molar-refractivity contribution >= 4 is 20.2 Å². The van der Waals surface area contributed by atoms with Gasteiger partial charge in [-0.15, -0.1) is 0 Å². The fourth-order valence-electron chi connectivity index (χ4n) is 2.31. The van der Waals surface area contributed by atoms with Crippen molar-refractivity contribution in [2.45, 2.75) is 36.5 Å². The van der Waals surface area contributed by atoms with Gasteiger partial charge in [-0.2, -0.15) is 16.8 Å². The molecule has 2 aromatic rings. The van der Waals surface area contributed by atoms with Crippen molar-refractivity contribution in [2.75, 3.05) is 26.4 Å². The minimum Gasteiger partial charge on any atom is -0.381 e. The molecule has 0 radical (unpaired) electrons. The van der Waals surface area contributed by atoms with Gasteiger partial charge in [0.15, 0.2) is 0 Å². The molecule has 0 saturated carbocycles. The smallest absolute Gasteiger partial charge is 0.296 e. The maximum atomic E-state index is 12.0. The van der Waals surface area contributed by atoms with Crippen molar-refractivity contribution < 1.29 is 29.9 Å². The lowest BCUT2D eigenvalue weighted by Gasteiger charge is -2.08. The van der Waals surface area contributed by atoms with Gasteiger partial charge in [0, 0.05) is 13.2 Å². The Morgan fingerprint density at radius 1 is 0.586 bits per heavy atom. The number of hydrogen-bond donors (Lipinski definition) is 0. The van der Waals surface area contributed by atoms with E-state index in [4.69, 9.17) is 13.1 Å². The lowest BCUT2D eigenvalue weighted by Crippen LogP contribution is -2.11. The van der Waals surface area contributed by atoms with Crippen LogP contribution < -0.4 is 0 Å². The molecule has 0 spiro atoms. The molecule has 0 unspecified atom stereocenters. The van der Waals surface area contributed by atoms with E-state index in [1.165, 1.54) is 24.3 Å². The van der Waals surface area contributed by atoms with Crippen LogP contribution in [0.2, 0.25) is 0 Å². The van der Waals surface area contributed by atoms with Gasteiger partial charge < -0.3 is 4.74 Å². The average molecular weight is 443 g/mol. The summed E-state index contributed by atoms with van der Waals surface area (Å²) in [5, 5.41) is 0. The highest BCUT2D eigenvalue weighted by atomic mass is 32.2. The number of aryl methyl sites for hydroxylation is 2. The topological polar surface area (TPSA) is 96.0 Å². The highest BCUT2D eigenvalue weighted by molar-refractivity contribution is 7.87.